The van der Waals surface area contributed by atoms with E-state index in [-0.39, 0.29) is 17.9 Å². The highest BCUT2D eigenvalue weighted by Crippen LogP contribution is 2.49. The molecule has 1 heterocycles. The minimum atomic E-state index is -0.907. The number of anilines is 1. The summed E-state index contributed by atoms with van der Waals surface area (Å²) in [5, 5.41) is 2.90. The lowest BCUT2D eigenvalue weighted by Crippen LogP contribution is -2.49. The van der Waals surface area contributed by atoms with Gasteiger partial charge in [-0.2, -0.15) is 0 Å². The molecule has 6 nitrogen and oxygen atoms in total. The first-order chi connectivity index (χ1) is 12.6. The number of amides is 2. The normalized spacial score (nSPS) is 21.0. The van der Waals surface area contributed by atoms with Gasteiger partial charge in [-0.05, 0) is 50.7 Å². The van der Waals surface area contributed by atoms with Crippen molar-refractivity contribution in [3.05, 3.63) is 18.2 Å². The lowest BCUT2D eigenvalue weighted by Gasteiger charge is -2.37. The molecule has 2 amide bonds. The van der Waals surface area contributed by atoms with Crippen LogP contribution >= 0.6 is 0 Å². The van der Waals surface area contributed by atoms with Crippen LogP contribution in [0.4, 0.5) is 5.69 Å². The second-order valence-electron chi connectivity index (χ2n) is 7.16. The first-order valence-electron chi connectivity index (χ1n) is 9.40. The van der Waals surface area contributed by atoms with E-state index < -0.39 is 5.41 Å². The van der Waals surface area contributed by atoms with Crippen LogP contribution < -0.4 is 14.8 Å². The molecule has 0 spiro atoms. The Morgan fingerprint density at radius 1 is 1.23 bits per heavy atom. The molecule has 2 aliphatic rings. The van der Waals surface area contributed by atoms with Gasteiger partial charge >= 0.3 is 0 Å². The van der Waals surface area contributed by atoms with Gasteiger partial charge in [-0.25, -0.2) is 0 Å². The molecule has 1 aliphatic heterocycles. The van der Waals surface area contributed by atoms with E-state index in [2.05, 4.69) is 12.2 Å². The van der Waals surface area contributed by atoms with Crippen molar-refractivity contribution >= 4 is 17.5 Å². The zero-order chi connectivity index (χ0) is 18.7. The quantitative estimate of drug-likeness (QED) is 0.791. The van der Waals surface area contributed by atoms with Gasteiger partial charge in [0.2, 0.25) is 11.8 Å². The molecular weight excluding hydrogens is 332 g/mol. The SMILES string of the molecule is CCC1CCCCN1C(=O)C1(C(=O)Nc2ccc(OC)cc2OC)CC1. The molecule has 3 rings (SSSR count). The summed E-state index contributed by atoms with van der Waals surface area (Å²) in [7, 11) is 3.12. The summed E-state index contributed by atoms with van der Waals surface area (Å²) in [5.41, 5.74) is -0.349. The second kappa shape index (κ2) is 7.56. The van der Waals surface area contributed by atoms with Gasteiger partial charge in [0.05, 0.1) is 19.9 Å². The van der Waals surface area contributed by atoms with Crippen molar-refractivity contribution in [2.24, 2.45) is 5.41 Å². The Morgan fingerprint density at radius 2 is 2.00 bits per heavy atom. The molecule has 1 aromatic rings. The molecule has 1 atom stereocenters. The van der Waals surface area contributed by atoms with Crippen molar-refractivity contribution in [2.45, 2.75) is 51.5 Å². The number of hydrogen-bond donors (Lipinski definition) is 1. The molecule has 26 heavy (non-hydrogen) atoms. The van der Waals surface area contributed by atoms with E-state index in [1.54, 1.807) is 32.4 Å². The number of carbonyl (C=O) groups is 2. The third kappa shape index (κ3) is 3.37. The number of rotatable bonds is 6. The fourth-order valence-corrected chi connectivity index (χ4v) is 3.77. The highest BCUT2D eigenvalue weighted by Gasteiger charge is 2.58. The van der Waals surface area contributed by atoms with Gasteiger partial charge < -0.3 is 19.7 Å². The van der Waals surface area contributed by atoms with Gasteiger partial charge in [-0.1, -0.05) is 6.92 Å². The highest BCUT2D eigenvalue weighted by atomic mass is 16.5. The average Bonchev–Trinajstić information content (AvgIpc) is 3.49. The molecule has 0 aromatic heterocycles. The highest BCUT2D eigenvalue weighted by molar-refractivity contribution is 6.13. The van der Waals surface area contributed by atoms with Gasteiger partial charge in [0, 0.05) is 18.7 Å². The van der Waals surface area contributed by atoms with Crippen molar-refractivity contribution in [3.63, 3.8) is 0 Å². The molecule has 2 fully saturated rings. The molecule has 0 radical (unpaired) electrons. The van der Waals surface area contributed by atoms with Crippen LogP contribution in [0.1, 0.15) is 45.4 Å². The Morgan fingerprint density at radius 3 is 2.62 bits per heavy atom. The maximum atomic E-state index is 13.2. The van der Waals surface area contributed by atoms with Gasteiger partial charge in [-0.15, -0.1) is 0 Å². The molecule has 1 aromatic carbocycles. The standard InChI is InChI=1S/C20H28N2O4/c1-4-14-7-5-6-12-22(14)19(24)20(10-11-20)18(23)21-16-9-8-15(25-2)13-17(16)26-3/h8-9,13-14H,4-7,10-12H2,1-3H3,(H,21,23). The van der Waals surface area contributed by atoms with Crippen LogP contribution in [0.5, 0.6) is 11.5 Å². The maximum Gasteiger partial charge on any atom is 0.240 e. The summed E-state index contributed by atoms with van der Waals surface area (Å²) in [4.78, 5) is 28.1. The van der Waals surface area contributed by atoms with E-state index in [9.17, 15) is 9.59 Å². The second-order valence-corrected chi connectivity index (χ2v) is 7.16. The van der Waals surface area contributed by atoms with E-state index >= 15 is 0 Å². The maximum absolute atomic E-state index is 13.2. The Hall–Kier alpha value is -2.24. The third-order valence-corrected chi connectivity index (χ3v) is 5.61. The Balaban J connectivity index is 1.76. The molecule has 6 heteroatoms. The number of benzene rings is 1. The summed E-state index contributed by atoms with van der Waals surface area (Å²) in [5.74, 6) is 0.932. The van der Waals surface area contributed by atoms with Gasteiger partial charge in [-0.3, -0.25) is 9.59 Å². The molecule has 1 unspecified atom stereocenters. The lowest BCUT2D eigenvalue weighted by molar-refractivity contribution is -0.145. The average molecular weight is 360 g/mol. The topological polar surface area (TPSA) is 67.9 Å². The number of ether oxygens (including phenoxy) is 2. The summed E-state index contributed by atoms with van der Waals surface area (Å²) < 4.78 is 10.5. The van der Waals surface area contributed by atoms with E-state index in [4.69, 9.17) is 9.47 Å². The minimum absolute atomic E-state index is 0.00553. The zero-order valence-corrected chi connectivity index (χ0v) is 15.8. The van der Waals surface area contributed by atoms with Gasteiger partial charge in [0.15, 0.2) is 0 Å². The van der Waals surface area contributed by atoms with Crippen LogP contribution in [0.2, 0.25) is 0 Å². The first-order valence-corrected chi connectivity index (χ1v) is 9.40. The van der Waals surface area contributed by atoms with Gasteiger partial charge in [0.1, 0.15) is 16.9 Å². The molecular formula is C20H28N2O4. The lowest BCUT2D eigenvalue weighted by atomic mass is 9.95. The van der Waals surface area contributed by atoms with E-state index in [0.717, 1.165) is 32.2 Å². The Bertz CT molecular complexity index is 684. The van der Waals surface area contributed by atoms with Crippen LogP contribution in [0.25, 0.3) is 0 Å². The fraction of sp³-hybridized carbons (Fsp3) is 0.600. The van der Waals surface area contributed by atoms with Crippen molar-refractivity contribution in [1.29, 1.82) is 0 Å². The first kappa shape index (κ1) is 18.5. The van der Waals surface area contributed by atoms with Crippen LogP contribution in [0.3, 0.4) is 0 Å². The smallest absolute Gasteiger partial charge is 0.240 e. The van der Waals surface area contributed by atoms with Crippen molar-refractivity contribution in [3.8, 4) is 11.5 Å². The van der Waals surface area contributed by atoms with Crippen molar-refractivity contribution in [2.75, 3.05) is 26.1 Å². The van der Waals surface area contributed by atoms with Crippen molar-refractivity contribution < 1.29 is 19.1 Å². The summed E-state index contributed by atoms with van der Waals surface area (Å²) >= 11 is 0. The number of likely N-dealkylation sites (tertiary alicyclic amines) is 1. The van der Waals surface area contributed by atoms with E-state index in [1.165, 1.54) is 0 Å². The summed E-state index contributed by atoms with van der Waals surface area (Å²) in [6.45, 7) is 2.87. The largest absolute Gasteiger partial charge is 0.497 e. The Kier molecular flexibility index (Phi) is 5.39. The van der Waals surface area contributed by atoms with Crippen LogP contribution in [-0.4, -0.2) is 43.5 Å². The monoisotopic (exact) mass is 360 g/mol. The number of methoxy groups -OCH3 is 2. The van der Waals surface area contributed by atoms with Crippen molar-refractivity contribution in [1.82, 2.24) is 4.90 Å². The number of hydrogen-bond acceptors (Lipinski definition) is 4. The summed E-state index contributed by atoms with van der Waals surface area (Å²) in [6, 6.07) is 5.48. The molecule has 1 saturated carbocycles. The van der Waals surface area contributed by atoms with Crippen LogP contribution in [0, 0.1) is 5.41 Å². The number of piperidine rings is 1. The predicted octanol–water partition coefficient (Wildman–Crippen LogP) is 3.21. The van der Waals surface area contributed by atoms with E-state index in [0.29, 0.717) is 30.0 Å². The summed E-state index contributed by atoms with van der Waals surface area (Å²) in [6.07, 6.45) is 5.38. The van der Waals surface area contributed by atoms with Crippen LogP contribution in [0.15, 0.2) is 18.2 Å². The Labute approximate surface area is 154 Å². The minimum Gasteiger partial charge on any atom is -0.497 e. The molecule has 0 bridgehead atoms. The van der Waals surface area contributed by atoms with E-state index in [1.807, 2.05) is 4.90 Å². The molecule has 142 valence electrons. The fourth-order valence-electron chi connectivity index (χ4n) is 3.77. The number of carbonyl (C=O) groups excluding carboxylic acids is 2. The zero-order valence-electron chi connectivity index (χ0n) is 15.8. The molecule has 1 N–H and O–H groups in total. The predicted molar refractivity (Wildman–Crippen MR) is 99.5 cm³/mol. The number of nitrogens with one attached hydrogen (secondary N) is 1. The molecule has 1 saturated heterocycles. The number of nitrogens with zero attached hydrogens (tertiary/aromatic N) is 1. The van der Waals surface area contributed by atoms with Crippen LogP contribution in [-0.2, 0) is 9.59 Å². The van der Waals surface area contributed by atoms with Gasteiger partial charge in [0.25, 0.3) is 0 Å². The third-order valence-electron chi connectivity index (χ3n) is 5.61. The molecule has 1 aliphatic carbocycles.